The molecular formula is C21H19NO4. The minimum absolute atomic E-state index is 0.258. The van der Waals surface area contributed by atoms with Crippen molar-refractivity contribution in [3.63, 3.8) is 0 Å². The van der Waals surface area contributed by atoms with E-state index < -0.39 is 5.97 Å². The predicted octanol–water partition coefficient (Wildman–Crippen LogP) is 3.23. The molecule has 0 atom stereocenters. The third-order valence-corrected chi connectivity index (χ3v) is 4.00. The Hall–Kier alpha value is -3.34. The van der Waals surface area contributed by atoms with Gasteiger partial charge in [-0.25, -0.2) is 4.79 Å². The van der Waals surface area contributed by atoms with Crippen LogP contribution in [0.15, 0.2) is 71.4 Å². The van der Waals surface area contributed by atoms with Crippen molar-refractivity contribution in [1.82, 2.24) is 5.32 Å². The number of carbonyl (C=O) groups is 2. The number of benzene rings is 2. The largest absolute Gasteiger partial charge is 0.489 e. The first-order valence-electron chi connectivity index (χ1n) is 8.18. The first-order chi connectivity index (χ1) is 12.6. The fraction of sp³-hybridized carbons (Fsp3) is 0.143. The first-order valence-corrected chi connectivity index (χ1v) is 8.18. The fourth-order valence-corrected chi connectivity index (χ4v) is 2.72. The molecule has 0 aliphatic carbocycles. The quantitative estimate of drug-likeness (QED) is 0.665. The Bertz CT molecular complexity index is 897. The molecule has 0 aromatic heterocycles. The summed E-state index contributed by atoms with van der Waals surface area (Å²) < 4.78 is 10.6. The lowest BCUT2D eigenvalue weighted by atomic mass is 10.0. The molecule has 0 bridgehead atoms. The zero-order valence-electron chi connectivity index (χ0n) is 14.6. The van der Waals surface area contributed by atoms with Crippen molar-refractivity contribution in [2.75, 3.05) is 7.11 Å². The average Bonchev–Trinajstić information content (AvgIpc) is 2.94. The molecule has 0 radical (unpaired) electrons. The molecule has 26 heavy (non-hydrogen) atoms. The number of hydrogen-bond acceptors (Lipinski definition) is 4. The highest BCUT2D eigenvalue weighted by Gasteiger charge is 2.30. The van der Waals surface area contributed by atoms with E-state index >= 15 is 0 Å². The molecular weight excluding hydrogens is 330 g/mol. The summed E-state index contributed by atoms with van der Waals surface area (Å²) in [7, 11) is 1.29. The van der Waals surface area contributed by atoms with Gasteiger partial charge in [0.15, 0.2) is 0 Å². The average molecular weight is 349 g/mol. The normalized spacial score (nSPS) is 15.2. The Morgan fingerprint density at radius 1 is 1.12 bits per heavy atom. The van der Waals surface area contributed by atoms with Gasteiger partial charge >= 0.3 is 5.97 Å². The molecule has 1 N–H and O–H groups in total. The van der Waals surface area contributed by atoms with Crippen molar-refractivity contribution < 1.29 is 19.1 Å². The number of carbonyl (C=O) groups excluding carboxylic acids is 2. The molecule has 1 aliphatic rings. The smallest absolute Gasteiger partial charge is 0.340 e. The monoisotopic (exact) mass is 349 g/mol. The van der Waals surface area contributed by atoms with E-state index in [0.29, 0.717) is 18.1 Å². The third kappa shape index (κ3) is 3.83. The number of hydrogen-bond donors (Lipinski definition) is 1. The van der Waals surface area contributed by atoms with Crippen molar-refractivity contribution in [2.24, 2.45) is 0 Å². The standard InChI is InChI=1S/C21H19NO4/c1-14-19(21(24)25-2)18(20(23)22-14)12-16-9-6-10-17(11-16)26-13-15-7-4-3-5-8-15/h3-12H,13H2,1-2H3,(H,22,23). The summed E-state index contributed by atoms with van der Waals surface area (Å²) in [6.07, 6.45) is 1.66. The van der Waals surface area contributed by atoms with Crippen LogP contribution in [0.25, 0.3) is 6.08 Å². The summed E-state index contributed by atoms with van der Waals surface area (Å²) >= 11 is 0. The summed E-state index contributed by atoms with van der Waals surface area (Å²) in [4.78, 5) is 24.1. The van der Waals surface area contributed by atoms with E-state index in [-0.39, 0.29) is 17.1 Å². The van der Waals surface area contributed by atoms with Crippen molar-refractivity contribution >= 4 is 18.0 Å². The molecule has 1 heterocycles. The Kier molecular flexibility index (Phi) is 5.17. The van der Waals surface area contributed by atoms with Gasteiger partial charge in [-0.15, -0.1) is 0 Å². The van der Waals surface area contributed by atoms with Crippen LogP contribution in [-0.2, 0) is 20.9 Å². The van der Waals surface area contributed by atoms with Crippen molar-refractivity contribution in [3.05, 3.63) is 82.6 Å². The molecule has 0 fully saturated rings. The van der Waals surface area contributed by atoms with E-state index in [9.17, 15) is 9.59 Å². The highest BCUT2D eigenvalue weighted by Crippen LogP contribution is 2.26. The van der Waals surface area contributed by atoms with Crippen LogP contribution < -0.4 is 10.1 Å². The number of ether oxygens (including phenoxy) is 2. The summed E-state index contributed by atoms with van der Waals surface area (Å²) in [6.45, 7) is 2.12. The molecule has 0 unspecified atom stereocenters. The van der Waals surface area contributed by atoms with Crippen LogP contribution in [0.5, 0.6) is 5.75 Å². The van der Waals surface area contributed by atoms with E-state index in [1.165, 1.54) is 7.11 Å². The molecule has 1 aliphatic heterocycles. The minimum Gasteiger partial charge on any atom is -0.489 e. The summed E-state index contributed by atoms with van der Waals surface area (Å²) in [5, 5.41) is 2.65. The highest BCUT2D eigenvalue weighted by atomic mass is 16.5. The van der Waals surface area contributed by atoms with Crippen LogP contribution >= 0.6 is 0 Å². The molecule has 0 saturated heterocycles. The summed E-state index contributed by atoms with van der Waals surface area (Å²) in [5.41, 5.74) is 2.86. The van der Waals surface area contributed by atoms with Crippen LogP contribution in [0.2, 0.25) is 0 Å². The SMILES string of the molecule is COC(=O)C1=C(C)NC(=O)C1=Cc1cccc(OCc2ccccc2)c1. The van der Waals surface area contributed by atoms with E-state index in [1.54, 1.807) is 13.0 Å². The number of methoxy groups -OCH3 is 1. The first kappa shape index (κ1) is 17.5. The van der Waals surface area contributed by atoms with Gasteiger partial charge in [-0.05, 0) is 36.3 Å². The summed E-state index contributed by atoms with van der Waals surface area (Å²) in [6, 6.07) is 17.2. The molecule has 132 valence electrons. The van der Waals surface area contributed by atoms with Crippen LogP contribution in [0.4, 0.5) is 0 Å². The molecule has 1 amide bonds. The van der Waals surface area contributed by atoms with E-state index in [0.717, 1.165) is 11.1 Å². The van der Waals surface area contributed by atoms with E-state index in [2.05, 4.69) is 5.32 Å². The van der Waals surface area contributed by atoms with Crippen molar-refractivity contribution in [1.29, 1.82) is 0 Å². The minimum atomic E-state index is -0.538. The topological polar surface area (TPSA) is 64.6 Å². The van der Waals surface area contributed by atoms with Gasteiger partial charge in [-0.3, -0.25) is 4.79 Å². The third-order valence-electron chi connectivity index (χ3n) is 4.00. The molecule has 2 aromatic rings. The van der Waals surface area contributed by atoms with Gasteiger partial charge in [-0.2, -0.15) is 0 Å². The number of allylic oxidation sites excluding steroid dienone is 1. The highest BCUT2D eigenvalue weighted by molar-refractivity contribution is 6.16. The van der Waals surface area contributed by atoms with Gasteiger partial charge in [-0.1, -0.05) is 42.5 Å². The number of amides is 1. The molecule has 3 rings (SSSR count). The number of esters is 1. The van der Waals surface area contributed by atoms with Crippen molar-refractivity contribution in [3.8, 4) is 5.75 Å². The number of nitrogens with one attached hydrogen (secondary N) is 1. The van der Waals surface area contributed by atoms with Gasteiger partial charge in [0.1, 0.15) is 12.4 Å². The van der Waals surface area contributed by atoms with Crippen LogP contribution in [0, 0.1) is 0 Å². The molecule has 5 nitrogen and oxygen atoms in total. The maximum absolute atomic E-state index is 12.2. The van der Waals surface area contributed by atoms with Gasteiger partial charge in [0, 0.05) is 5.70 Å². The van der Waals surface area contributed by atoms with Crippen LogP contribution in [0.3, 0.4) is 0 Å². The van der Waals surface area contributed by atoms with Crippen LogP contribution in [0.1, 0.15) is 18.1 Å². The lowest BCUT2D eigenvalue weighted by Crippen LogP contribution is -2.15. The van der Waals surface area contributed by atoms with E-state index in [4.69, 9.17) is 9.47 Å². The van der Waals surface area contributed by atoms with Gasteiger partial charge in [0.2, 0.25) is 0 Å². The molecule has 2 aromatic carbocycles. The Balaban J connectivity index is 1.82. The molecule has 5 heteroatoms. The predicted molar refractivity (Wildman–Crippen MR) is 98.1 cm³/mol. The van der Waals surface area contributed by atoms with Crippen LogP contribution in [-0.4, -0.2) is 19.0 Å². The van der Waals surface area contributed by atoms with Gasteiger partial charge in [0.25, 0.3) is 5.91 Å². The number of rotatable bonds is 5. The second-order valence-electron chi connectivity index (χ2n) is 5.85. The Labute approximate surface area is 151 Å². The maximum atomic E-state index is 12.2. The van der Waals surface area contributed by atoms with E-state index in [1.807, 2.05) is 54.6 Å². The molecule has 0 spiro atoms. The fourth-order valence-electron chi connectivity index (χ4n) is 2.72. The second kappa shape index (κ2) is 7.70. The lowest BCUT2D eigenvalue weighted by Gasteiger charge is -2.07. The zero-order valence-corrected chi connectivity index (χ0v) is 14.6. The lowest BCUT2D eigenvalue weighted by molar-refractivity contribution is -0.136. The Morgan fingerprint density at radius 3 is 2.62 bits per heavy atom. The van der Waals surface area contributed by atoms with Gasteiger partial charge < -0.3 is 14.8 Å². The van der Waals surface area contributed by atoms with Crippen molar-refractivity contribution in [2.45, 2.75) is 13.5 Å². The molecule has 0 saturated carbocycles. The zero-order chi connectivity index (χ0) is 18.5. The summed E-state index contributed by atoms with van der Waals surface area (Å²) in [5.74, 6) is -0.177. The van der Waals surface area contributed by atoms with Gasteiger partial charge in [0.05, 0.1) is 18.3 Å². The second-order valence-corrected chi connectivity index (χ2v) is 5.85. The Morgan fingerprint density at radius 2 is 1.88 bits per heavy atom. The maximum Gasteiger partial charge on any atom is 0.340 e.